The van der Waals surface area contributed by atoms with E-state index >= 15 is 0 Å². The minimum absolute atomic E-state index is 0.141. The van der Waals surface area contributed by atoms with E-state index in [2.05, 4.69) is 39.5 Å². The van der Waals surface area contributed by atoms with Crippen LogP contribution in [0.1, 0.15) is 63.0 Å². The number of aliphatic imine (C=N–C) groups is 2. The number of benzene rings is 1. The molecular formula is C32H45ClN6O3. The van der Waals surface area contributed by atoms with Gasteiger partial charge in [-0.15, -0.1) is 0 Å². The second kappa shape index (κ2) is 17.7. The predicted octanol–water partition coefficient (Wildman–Crippen LogP) is 5.09. The van der Waals surface area contributed by atoms with E-state index in [0.717, 1.165) is 57.0 Å². The number of rotatable bonds is 8. The number of amides is 1. The fraction of sp³-hybridized carbons (Fsp3) is 0.469. The van der Waals surface area contributed by atoms with Crippen molar-refractivity contribution in [2.75, 3.05) is 45.2 Å². The Bertz CT molecular complexity index is 1240. The molecule has 10 heteroatoms. The Hall–Kier alpha value is -3.24. The molecule has 2 saturated heterocycles. The van der Waals surface area contributed by atoms with E-state index in [0.29, 0.717) is 35.4 Å². The van der Waals surface area contributed by atoms with Crippen molar-refractivity contribution >= 4 is 47.6 Å². The van der Waals surface area contributed by atoms with Crippen molar-refractivity contribution in [1.29, 1.82) is 0 Å². The Balaban J connectivity index is 0.000000966. The smallest absolute Gasteiger partial charge is 0.233 e. The summed E-state index contributed by atoms with van der Waals surface area (Å²) in [5, 5.41) is 7.39. The molecule has 1 aliphatic carbocycles. The van der Waals surface area contributed by atoms with Crippen LogP contribution < -0.4 is 10.6 Å². The number of aldehydes is 1. The maximum atomic E-state index is 13.5. The Morgan fingerprint density at radius 1 is 1.14 bits per heavy atom. The second-order valence-corrected chi connectivity index (χ2v) is 10.3. The number of carbonyl (C=O) groups is 2. The molecule has 1 aromatic carbocycles. The van der Waals surface area contributed by atoms with Gasteiger partial charge in [-0.1, -0.05) is 43.6 Å². The van der Waals surface area contributed by atoms with Gasteiger partial charge in [0, 0.05) is 25.4 Å². The number of anilines is 1. The largest absolute Gasteiger partial charge is 0.400 e. The van der Waals surface area contributed by atoms with Crippen LogP contribution in [0.5, 0.6) is 0 Å². The lowest BCUT2D eigenvalue weighted by Crippen LogP contribution is -2.45. The first-order chi connectivity index (χ1) is 20.5. The summed E-state index contributed by atoms with van der Waals surface area (Å²) in [6, 6.07) is 10.2. The number of hydrogen-bond donors (Lipinski definition) is 2. The number of carbonyl (C=O) groups excluding carboxylic acids is 2. The molecule has 3 fully saturated rings. The van der Waals surface area contributed by atoms with Crippen LogP contribution in [-0.4, -0.2) is 79.9 Å². The summed E-state index contributed by atoms with van der Waals surface area (Å²) in [6.07, 6.45) is 10.6. The maximum absolute atomic E-state index is 13.5. The summed E-state index contributed by atoms with van der Waals surface area (Å²) >= 11 is 6.59. The molecule has 42 heavy (non-hydrogen) atoms. The zero-order chi connectivity index (χ0) is 31.1. The summed E-state index contributed by atoms with van der Waals surface area (Å²) in [5.74, 6) is 0.748. The molecule has 2 aliphatic heterocycles. The number of pyridine rings is 1. The summed E-state index contributed by atoms with van der Waals surface area (Å²) in [4.78, 5) is 41.4. The zero-order valence-corrected chi connectivity index (χ0v) is 26.1. The lowest BCUT2D eigenvalue weighted by atomic mass is 9.77. The van der Waals surface area contributed by atoms with Gasteiger partial charge >= 0.3 is 0 Å². The fourth-order valence-electron chi connectivity index (χ4n) is 5.31. The van der Waals surface area contributed by atoms with E-state index in [4.69, 9.17) is 21.7 Å². The van der Waals surface area contributed by atoms with E-state index in [1.54, 1.807) is 12.4 Å². The van der Waals surface area contributed by atoms with E-state index < -0.39 is 0 Å². The third-order valence-electron chi connectivity index (χ3n) is 7.56. The van der Waals surface area contributed by atoms with Gasteiger partial charge in [-0.05, 0) is 82.6 Å². The number of aromatic nitrogens is 1. The molecule has 5 rings (SSSR count). The molecule has 3 aliphatic rings. The fourth-order valence-corrected chi connectivity index (χ4v) is 5.53. The normalized spacial score (nSPS) is 18.2. The van der Waals surface area contributed by atoms with Crippen molar-refractivity contribution in [2.45, 2.75) is 51.9 Å². The molecule has 0 bridgehead atoms. The van der Waals surface area contributed by atoms with E-state index in [-0.39, 0.29) is 11.3 Å². The number of likely N-dealkylation sites (tertiary alicyclic amines) is 1. The standard InChI is InChI=1S/C28H30ClN5O2.C2H6.CH5N.CH4O/c1-30-19-25(29)26(22-4-2-3-21(15-22)20-5-6-20)32-23-16-24(18-31-17-23)34-12-9-28(27(34)36)7-10-33(11-8-28)13-14-35;3*1-2/h2-4,14-20H,1,5-13H2;1-2H3;2H2,1H3;2H,1H3/b25-19+,32-26?;;;. The highest BCUT2D eigenvalue weighted by atomic mass is 35.5. The number of nitrogens with zero attached hydrogens (tertiary/aromatic N) is 5. The summed E-state index contributed by atoms with van der Waals surface area (Å²) in [5.41, 5.74) is 8.29. The number of halogens is 1. The molecule has 9 nitrogen and oxygen atoms in total. The molecule has 3 N–H and O–H groups in total. The van der Waals surface area contributed by atoms with Gasteiger partial charge in [-0.2, -0.15) is 0 Å². The van der Waals surface area contributed by atoms with Crippen LogP contribution >= 0.6 is 11.6 Å². The molecule has 2 aromatic rings. The van der Waals surface area contributed by atoms with Crippen LogP contribution in [0.15, 0.2) is 63.9 Å². The molecular weight excluding hydrogens is 552 g/mol. The number of aliphatic hydroxyl groups is 1. The molecule has 1 aromatic heterocycles. The Labute approximate surface area is 255 Å². The number of piperidine rings is 1. The Morgan fingerprint density at radius 2 is 1.81 bits per heavy atom. The zero-order valence-electron chi connectivity index (χ0n) is 25.3. The molecule has 0 unspecified atom stereocenters. The predicted molar refractivity (Wildman–Crippen MR) is 173 cm³/mol. The lowest BCUT2D eigenvalue weighted by molar-refractivity contribution is -0.128. The molecule has 1 spiro atoms. The monoisotopic (exact) mass is 596 g/mol. The van der Waals surface area contributed by atoms with Crippen molar-refractivity contribution in [3.63, 3.8) is 0 Å². The average Bonchev–Trinajstić information content (AvgIpc) is 3.86. The maximum Gasteiger partial charge on any atom is 0.233 e. The highest BCUT2D eigenvalue weighted by molar-refractivity contribution is 6.46. The van der Waals surface area contributed by atoms with Crippen molar-refractivity contribution in [2.24, 2.45) is 21.1 Å². The molecule has 0 radical (unpaired) electrons. The highest BCUT2D eigenvalue weighted by Crippen LogP contribution is 2.43. The minimum Gasteiger partial charge on any atom is -0.400 e. The molecule has 0 atom stereocenters. The van der Waals surface area contributed by atoms with Crippen molar-refractivity contribution in [1.82, 2.24) is 9.88 Å². The first-order valence-electron chi connectivity index (χ1n) is 14.5. The average molecular weight is 597 g/mol. The number of allylic oxidation sites excluding steroid dienone is 1. The van der Waals surface area contributed by atoms with Gasteiger partial charge in [0.25, 0.3) is 0 Å². The quantitative estimate of drug-likeness (QED) is 0.323. The lowest BCUT2D eigenvalue weighted by Gasteiger charge is -2.37. The third-order valence-corrected chi connectivity index (χ3v) is 7.84. The van der Waals surface area contributed by atoms with Gasteiger partial charge < -0.3 is 20.5 Å². The summed E-state index contributed by atoms with van der Waals surface area (Å²) in [7, 11) is 2.50. The molecule has 1 saturated carbocycles. The third kappa shape index (κ3) is 8.64. The van der Waals surface area contributed by atoms with Gasteiger partial charge in [0.05, 0.1) is 46.5 Å². The van der Waals surface area contributed by atoms with Crippen LogP contribution in [-0.2, 0) is 9.59 Å². The van der Waals surface area contributed by atoms with Gasteiger partial charge in [-0.3, -0.25) is 19.7 Å². The molecule has 228 valence electrons. The van der Waals surface area contributed by atoms with E-state index in [1.807, 2.05) is 36.9 Å². The number of hydrogen-bond acceptors (Lipinski definition) is 8. The van der Waals surface area contributed by atoms with Gasteiger partial charge in [0.15, 0.2) is 0 Å². The summed E-state index contributed by atoms with van der Waals surface area (Å²) < 4.78 is 0. The van der Waals surface area contributed by atoms with Gasteiger partial charge in [0.2, 0.25) is 5.91 Å². The van der Waals surface area contributed by atoms with E-state index in [1.165, 1.54) is 31.7 Å². The summed E-state index contributed by atoms with van der Waals surface area (Å²) in [6.45, 7) is 10.2. The number of aliphatic hydroxyl groups excluding tert-OH is 1. The first-order valence-corrected chi connectivity index (χ1v) is 14.9. The Kier molecular flexibility index (Phi) is 14.7. The van der Waals surface area contributed by atoms with Crippen LogP contribution in [0.2, 0.25) is 0 Å². The van der Waals surface area contributed by atoms with Crippen molar-refractivity contribution < 1.29 is 14.7 Å². The van der Waals surface area contributed by atoms with Crippen molar-refractivity contribution in [3.05, 3.63) is 65.1 Å². The minimum atomic E-state index is -0.352. The topological polar surface area (TPSA) is 124 Å². The molecule has 3 heterocycles. The molecule has 1 amide bonds. The van der Waals surface area contributed by atoms with Crippen LogP contribution in [0.25, 0.3) is 0 Å². The second-order valence-electron chi connectivity index (χ2n) is 9.88. The number of nitrogens with two attached hydrogens (primary N) is 1. The van der Waals surface area contributed by atoms with Gasteiger partial charge in [-0.25, -0.2) is 4.99 Å². The van der Waals surface area contributed by atoms with Crippen molar-refractivity contribution in [3.8, 4) is 0 Å². The van der Waals surface area contributed by atoms with Gasteiger partial charge in [0.1, 0.15) is 6.29 Å². The highest BCUT2D eigenvalue weighted by Gasteiger charge is 2.48. The first kappa shape index (κ1) is 35.0. The van der Waals surface area contributed by atoms with Crippen LogP contribution in [0.4, 0.5) is 11.4 Å². The van der Waals surface area contributed by atoms with E-state index in [9.17, 15) is 9.59 Å². The van der Waals surface area contributed by atoms with Crippen LogP contribution in [0, 0.1) is 5.41 Å². The van der Waals surface area contributed by atoms with Crippen LogP contribution in [0.3, 0.4) is 0 Å². The SMILES string of the molecule is C=N/C=C(/Cl)C(=Nc1cncc(N2CCC3(CCN(CC=O)CC3)C2=O)c1)c1cccc(C2CC2)c1.CC.CN.CO. The Morgan fingerprint density at radius 3 is 2.43 bits per heavy atom.